The zero-order chi connectivity index (χ0) is 29.9. The number of rotatable bonds is 9. The lowest BCUT2D eigenvalue weighted by atomic mass is 9.94. The molecule has 2 amide bonds. The van der Waals surface area contributed by atoms with Gasteiger partial charge in [-0.15, -0.1) is 0 Å². The minimum Gasteiger partial charge on any atom is -0.394 e. The first-order valence-corrected chi connectivity index (χ1v) is 12.6. The average molecular weight is 587 g/mol. The highest BCUT2D eigenvalue weighted by Gasteiger charge is 2.54. The van der Waals surface area contributed by atoms with E-state index in [1.807, 2.05) is 0 Å². The van der Waals surface area contributed by atoms with E-state index in [1.54, 1.807) is 0 Å². The third kappa shape index (κ3) is 7.05. The van der Waals surface area contributed by atoms with Crippen molar-refractivity contribution in [2.45, 2.75) is 106 Å². The molecule has 0 bridgehead atoms. The Bertz CT molecular complexity index is 852. The summed E-state index contributed by atoms with van der Waals surface area (Å²) in [4.78, 5) is 23.9. The maximum Gasteiger partial charge on any atom is 0.217 e. The summed E-state index contributed by atoms with van der Waals surface area (Å²) in [5.74, 6) is -1.34. The predicted octanol–water partition coefficient (Wildman–Crippen LogP) is -7.29. The van der Waals surface area contributed by atoms with Crippen LogP contribution in [-0.2, 0) is 33.3 Å². The highest BCUT2D eigenvalue weighted by atomic mass is 16.7. The van der Waals surface area contributed by atoms with Crippen molar-refractivity contribution in [1.82, 2.24) is 10.6 Å². The third-order valence-electron chi connectivity index (χ3n) is 6.90. The Morgan fingerprint density at radius 2 is 1.02 bits per heavy atom. The van der Waals surface area contributed by atoms with Crippen LogP contribution in [0.25, 0.3) is 0 Å². The Kier molecular flexibility index (Phi) is 11.5. The highest BCUT2D eigenvalue weighted by molar-refractivity contribution is 5.73. The molecule has 0 aromatic carbocycles. The van der Waals surface area contributed by atoms with Crippen LogP contribution in [-0.4, -0.2) is 170 Å². The standard InChI is InChI=1S/C22H38N2O16/c1-6(28)23-11-18(14(31)9(4-26)36-20(11)35)39-21-12(24-7(2)29)19(15(32)10(5-27)37-21)40-22-17(34)16(33)13(30)8(3-25)38-22/h8-22,25-27,30-35H,3-5H2,1-2H3,(H,23,28)(H,24,29)/t8-,9-,10-,11-,12-,13+,14+,15-,16+,17-,18-,19-,20-,21+,22+/m1/s1. The molecule has 0 spiro atoms. The average Bonchev–Trinajstić information content (AvgIpc) is 2.90. The maximum absolute atomic E-state index is 12.1. The Morgan fingerprint density at radius 1 is 0.600 bits per heavy atom. The van der Waals surface area contributed by atoms with Crippen LogP contribution in [0.1, 0.15) is 13.8 Å². The molecule has 0 unspecified atom stereocenters. The van der Waals surface area contributed by atoms with E-state index in [2.05, 4.69) is 10.6 Å². The topological polar surface area (TPSA) is 286 Å². The number of nitrogens with one attached hydrogen (secondary N) is 2. The van der Waals surface area contributed by atoms with Gasteiger partial charge in [-0.05, 0) is 0 Å². The van der Waals surface area contributed by atoms with Gasteiger partial charge >= 0.3 is 0 Å². The summed E-state index contributed by atoms with van der Waals surface area (Å²) in [6, 6.07) is -2.90. The summed E-state index contributed by atoms with van der Waals surface area (Å²) in [5.41, 5.74) is 0. The second kappa shape index (κ2) is 14.0. The summed E-state index contributed by atoms with van der Waals surface area (Å²) >= 11 is 0. The van der Waals surface area contributed by atoms with Crippen LogP contribution < -0.4 is 10.6 Å². The number of amides is 2. The Morgan fingerprint density at radius 3 is 1.55 bits per heavy atom. The molecule has 11 N–H and O–H groups in total. The maximum atomic E-state index is 12.1. The number of carbonyl (C=O) groups excluding carboxylic acids is 2. The van der Waals surface area contributed by atoms with Crippen molar-refractivity contribution in [2.24, 2.45) is 0 Å². The van der Waals surface area contributed by atoms with E-state index in [1.165, 1.54) is 0 Å². The molecule has 0 aliphatic carbocycles. The van der Waals surface area contributed by atoms with Crippen LogP contribution in [0, 0.1) is 0 Å². The van der Waals surface area contributed by atoms with Crippen LogP contribution in [0.3, 0.4) is 0 Å². The molecule has 3 saturated heterocycles. The van der Waals surface area contributed by atoms with E-state index >= 15 is 0 Å². The Hall–Kier alpha value is -1.62. The molecule has 18 nitrogen and oxygen atoms in total. The molecule has 0 aromatic heterocycles. The number of aliphatic hydroxyl groups is 9. The minimum absolute atomic E-state index is 0.647. The zero-order valence-corrected chi connectivity index (χ0v) is 21.7. The van der Waals surface area contributed by atoms with E-state index in [-0.39, 0.29) is 0 Å². The van der Waals surface area contributed by atoms with Crippen molar-refractivity contribution in [2.75, 3.05) is 19.8 Å². The lowest BCUT2D eigenvalue weighted by molar-refractivity contribution is -0.356. The Balaban J connectivity index is 1.95. The lowest BCUT2D eigenvalue weighted by Gasteiger charge is -2.49. The van der Waals surface area contributed by atoms with Crippen LogP contribution in [0.2, 0.25) is 0 Å². The molecule has 3 fully saturated rings. The Labute approximate surface area is 228 Å². The largest absolute Gasteiger partial charge is 0.394 e. The van der Waals surface area contributed by atoms with Gasteiger partial charge in [-0.1, -0.05) is 0 Å². The first-order valence-electron chi connectivity index (χ1n) is 12.6. The number of hydrogen-bond acceptors (Lipinski definition) is 16. The fraction of sp³-hybridized carbons (Fsp3) is 0.909. The number of aliphatic hydroxyl groups excluding tert-OH is 9. The van der Waals surface area contributed by atoms with Gasteiger partial charge in [0.2, 0.25) is 11.8 Å². The first-order chi connectivity index (χ1) is 18.8. The first kappa shape index (κ1) is 32.9. The van der Waals surface area contributed by atoms with Gasteiger partial charge in [0.15, 0.2) is 18.9 Å². The second-order valence-corrected chi connectivity index (χ2v) is 9.81. The van der Waals surface area contributed by atoms with Gasteiger partial charge in [0.1, 0.15) is 73.1 Å². The molecular formula is C22H38N2O16. The number of hydrogen-bond donors (Lipinski definition) is 11. The van der Waals surface area contributed by atoms with Crippen molar-refractivity contribution in [1.29, 1.82) is 0 Å². The predicted molar refractivity (Wildman–Crippen MR) is 124 cm³/mol. The molecular weight excluding hydrogens is 548 g/mol. The van der Waals surface area contributed by atoms with Gasteiger partial charge < -0.3 is 80.3 Å². The van der Waals surface area contributed by atoms with Gasteiger partial charge in [-0.25, -0.2) is 0 Å². The molecule has 15 atom stereocenters. The third-order valence-corrected chi connectivity index (χ3v) is 6.90. The molecule has 40 heavy (non-hydrogen) atoms. The molecule has 18 heteroatoms. The normalized spacial score (nSPS) is 46.0. The summed E-state index contributed by atoms with van der Waals surface area (Å²) in [6.45, 7) is -0.140. The monoisotopic (exact) mass is 586 g/mol. The molecule has 3 rings (SSSR count). The molecule has 3 aliphatic rings. The van der Waals surface area contributed by atoms with Crippen LogP contribution in [0.15, 0.2) is 0 Å². The molecule has 232 valence electrons. The summed E-state index contributed by atoms with van der Waals surface area (Å²) in [6.07, 6.45) is -21.4. The number of ether oxygens (including phenoxy) is 5. The summed E-state index contributed by atoms with van der Waals surface area (Å²) in [7, 11) is 0. The minimum atomic E-state index is -1.89. The fourth-order valence-electron chi connectivity index (χ4n) is 4.86. The smallest absolute Gasteiger partial charge is 0.217 e. The highest BCUT2D eigenvalue weighted by Crippen LogP contribution is 2.32. The molecule has 3 aliphatic heterocycles. The SMILES string of the molecule is CC(=O)N[C@@H]1[C@@H](O[C@@H]2O[C@H](CO)[C@@H](O)[C@H](O[C@@H]3O[C@H](CO)[C@H](O)[C@H](O)[C@H]3O)[C@H]2NC(C)=O)[C@@H](O)[C@@H](CO)O[C@H]1O. The van der Waals surface area contributed by atoms with Crippen molar-refractivity contribution in [3.8, 4) is 0 Å². The van der Waals surface area contributed by atoms with Gasteiger partial charge in [0.25, 0.3) is 0 Å². The van der Waals surface area contributed by atoms with Crippen molar-refractivity contribution in [3.63, 3.8) is 0 Å². The van der Waals surface area contributed by atoms with Crippen molar-refractivity contribution < 1.29 is 79.2 Å². The van der Waals surface area contributed by atoms with Crippen LogP contribution >= 0.6 is 0 Å². The van der Waals surface area contributed by atoms with Gasteiger partial charge in [-0.2, -0.15) is 0 Å². The van der Waals surface area contributed by atoms with E-state index < -0.39 is 124 Å². The molecule has 3 heterocycles. The lowest BCUT2D eigenvalue weighted by Crippen LogP contribution is -2.70. The number of carbonyl (C=O) groups is 2. The van der Waals surface area contributed by atoms with Crippen LogP contribution in [0.4, 0.5) is 0 Å². The van der Waals surface area contributed by atoms with E-state index in [0.29, 0.717) is 0 Å². The van der Waals surface area contributed by atoms with Gasteiger partial charge in [0.05, 0.1) is 19.8 Å². The fourth-order valence-corrected chi connectivity index (χ4v) is 4.86. The summed E-state index contributed by atoms with van der Waals surface area (Å²) in [5, 5.41) is 96.5. The van der Waals surface area contributed by atoms with Crippen molar-refractivity contribution >= 4 is 11.8 Å². The van der Waals surface area contributed by atoms with E-state index in [4.69, 9.17) is 23.7 Å². The molecule has 0 aromatic rings. The van der Waals surface area contributed by atoms with E-state index in [0.717, 1.165) is 13.8 Å². The van der Waals surface area contributed by atoms with E-state index in [9.17, 15) is 55.5 Å². The molecule has 0 radical (unpaired) electrons. The van der Waals surface area contributed by atoms with Crippen molar-refractivity contribution in [3.05, 3.63) is 0 Å². The molecule has 0 saturated carbocycles. The quantitative estimate of drug-likeness (QED) is 0.120. The second-order valence-electron chi connectivity index (χ2n) is 9.81. The zero-order valence-electron chi connectivity index (χ0n) is 21.7. The summed E-state index contributed by atoms with van der Waals surface area (Å²) < 4.78 is 27.7. The van der Waals surface area contributed by atoms with Gasteiger partial charge in [0, 0.05) is 13.8 Å². The van der Waals surface area contributed by atoms with Gasteiger partial charge in [-0.3, -0.25) is 9.59 Å². The van der Waals surface area contributed by atoms with Crippen LogP contribution in [0.5, 0.6) is 0 Å².